The molecule has 1 aromatic rings. The summed E-state index contributed by atoms with van der Waals surface area (Å²) in [4.78, 5) is 43.0. The largest absolute Gasteiger partial charge is 0.391 e. The Morgan fingerprint density at radius 2 is 1.84 bits per heavy atom. The Morgan fingerprint density at radius 1 is 1.10 bits per heavy atom. The van der Waals surface area contributed by atoms with Crippen LogP contribution in [0.15, 0.2) is 18.2 Å². The van der Waals surface area contributed by atoms with Crippen molar-refractivity contribution < 1.29 is 19.5 Å². The lowest BCUT2D eigenvalue weighted by atomic mass is 9.98. The van der Waals surface area contributed by atoms with Crippen molar-refractivity contribution in [2.24, 2.45) is 5.92 Å². The Labute approximate surface area is 192 Å². The van der Waals surface area contributed by atoms with Crippen molar-refractivity contribution in [3.63, 3.8) is 0 Å². The quantitative estimate of drug-likeness (QED) is 0.716. The van der Waals surface area contributed by atoms with Gasteiger partial charge in [0.2, 0.25) is 17.7 Å². The highest BCUT2D eigenvalue weighted by molar-refractivity contribution is 6.42. The molecule has 3 rings (SSSR count). The number of piperazine rings is 1. The van der Waals surface area contributed by atoms with Crippen LogP contribution in [0.2, 0.25) is 10.0 Å². The van der Waals surface area contributed by atoms with Gasteiger partial charge in [-0.15, -0.1) is 0 Å². The molecule has 0 radical (unpaired) electrons. The second kappa shape index (κ2) is 10.2. The fraction of sp³-hybridized carbons (Fsp3) is 0.591. The second-order valence-electron chi connectivity index (χ2n) is 8.56. The average Bonchev–Trinajstić information content (AvgIpc) is 2.70. The number of likely N-dealkylation sites (tertiary alicyclic amines) is 1. The lowest BCUT2D eigenvalue weighted by molar-refractivity contribution is -0.151. The SMILES string of the molecule is C[C@H]1C[C@H](O)CN(C(=O)CCN2CCN(C(=O)Cc3ccc(Cl)c(Cl)c3)[C@@H](C)C2=O)C1. The van der Waals surface area contributed by atoms with Crippen LogP contribution in [0.3, 0.4) is 0 Å². The third kappa shape index (κ3) is 5.90. The fourth-order valence-corrected chi connectivity index (χ4v) is 4.65. The van der Waals surface area contributed by atoms with Crippen LogP contribution < -0.4 is 0 Å². The second-order valence-corrected chi connectivity index (χ2v) is 9.37. The van der Waals surface area contributed by atoms with Crippen LogP contribution in [-0.4, -0.2) is 82.4 Å². The molecule has 3 amide bonds. The van der Waals surface area contributed by atoms with Crippen LogP contribution in [-0.2, 0) is 20.8 Å². The summed E-state index contributed by atoms with van der Waals surface area (Å²) >= 11 is 11.9. The van der Waals surface area contributed by atoms with Gasteiger partial charge in [-0.1, -0.05) is 36.2 Å². The Hall–Kier alpha value is -1.83. The molecule has 0 aliphatic carbocycles. The summed E-state index contributed by atoms with van der Waals surface area (Å²) in [7, 11) is 0. The van der Waals surface area contributed by atoms with E-state index >= 15 is 0 Å². The standard InChI is InChI=1S/C22H29Cl2N3O4/c1-14-9-17(28)13-26(12-14)20(29)5-6-25-7-8-27(15(2)22(25)31)21(30)11-16-3-4-18(23)19(24)10-16/h3-4,10,14-15,17,28H,5-9,11-13H2,1-2H3/t14-,15-,17-/m0/s1. The monoisotopic (exact) mass is 469 g/mol. The molecule has 2 saturated heterocycles. The van der Waals surface area contributed by atoms with Gasteiger partial charge in [-0.05, 0) is 37.0 Å². The molecule has 9 heteroatoms. The van der Waals surface area contributed by atoms with E-state index in [-0.39, 0.29) is 36.5 Å². The maximum absolute atomic E-state index is 12.8. The molecule has 7 nitrogen and oxygen atoms in total. The zero-order valence-electron chi connectivity index (χ0n) is 17.9. The van der Waals surface area contributed by atoms with E-state index in [2.05, 4.69) is 0 Å². The first-order chi connectivity index (χ1) is 14.7. The van der Waals surface area contributed by atoms with Crippen molar-refractivity contribution in [3.05, 3.63) is 33.8 Å². The van der Waals surface area contributed by atoms with Gasteiger partial charge >= 0.3 is 0 Å². The number of carbonyl (C=O) groups excluding carboxylic acids is 3. The first-order valence-corrected chi connectivity index (χ1v) is 11.4. The molecule has 2 aliphatic rings. The predicted molar refractivity (Wildman–Crippen MR) is 119 cm³/mol. The van der Waals surface area contributed by atoms with Gasteiger partial charge in [0.25, 0.3) is 0 Å². The average molecular weight is 470 g/mol. The first kappa shape index (κ1) is 23.8. The van der Waals surface area contributed by atoms with Crippen LogP contribution in [0, 0.1) is 5.92 Å². The van der Waals surface area contributed by atoms with Gasteiger partial charge in [-0.2, -0.15) is 0 Å². The first-order valence-electron chi connectivity index (χ1n) is 10.6. The number of hydrogen-bond acceptors (Lipinski definition) is 4. The normalized spacial score (nSPS) is 24.5. The number of carbonyl (C=O) groups is 3. The molecule has 31 heavy (non-hydrogen) atoms. The molecule has 2 aliphatic heterocycles. The van der Waals surface area contributed by atoms with Crippen molar-refractivity contribution in [1.82, 2.24) is 14.7 Å². The summed E-state index contributed by atoms with van der Waals surface area (Å²) in [5.41, 5.74) is 0.741. The highest BCUT2D eigenvalue weighted by Crippen LogP contribution is 2.24. The van der Waals surface area contributed by atoms with E-state index in [9.17, 15) is 19.5 Å². The maximum atomic E-state index is 12.8. The van der Waals surface area contributed by atoms with Gasteiger partial charge in [0.1, 0.15) is 6.04 Å². The summed E-state index contributed by atoms with van der Waals surface area (Å²) in [6, 6.07) is 4.47. The van der Waals surface area contributed by atoms with Gasteiger partial charge < -0.3 is 19.8 Å². The molecule has 2 fully saturated rings. The van der Waals surface area contributed by atoms with Crippen molar-refractivity contribution in [1.29, 1.82) is 0 Å². The highest BCUT2D eigenvalue weighted by Gasteiger charge is 2.35. The lowest BCUT2D eigenvalue weighted by Crippen LogP contribution is -2.58. The molecule has 170 valence electrons. The van der Waals surface area contributed by atoms with Gasteiger partial charge in [0, 0.05) is 39.1 Å². The Balaban J connectivity index is 1.52. The zero-order chi connectivity index (χ0) is 22.7. The minimum absolute atomic E-state index is 0.0517. The Bertz CT molecular complexity index is 840. The number of amides is 3. The van der Waals surface area contributed by atoms with Gasteiger partial charge in [0.05, 0.1) is 22.6 Å². The van der Waals surface area contributed by atoms with Crippen LogP contribution >= 0.6 is 23.2 Å². The third-order valence-electron chi connectivity index (χ3n) is 5.99. The van der Waals surface area contributed by atoms with Crippen molar-refractivity contribution in [3.8, 4) is 0 Å². The number of rotatable bonds is 5. The minimum atomic E-state index is -0.587. The highest BCUT2D eigenvalue weighted by atomic mass is 35.5. The molecule has 0 saturated carbocycles. The van der Waals surface area contributed by atoms with Crippen molar-refractivity contribution >= 4 is 40.9 Å². The molecule has 0 aromatic heterocycles. The van der Waals surface area contributed by atoms with E-state index in [0.717, 1.165) is 5.56 Å². The number of hydrogen-bond donors (Lipinski definition) is 1. The molecular formula is C22H29Cl2N3O4. The minimum Gasteiger partial charge on any atom is -0.391 e. The van der Waals surface area contributed by atoms with E-state index in [1.54, 1.807) is 39.8 Å². The van der Waals surface area contributed by atoms with Crippen molar-refractivity contribution in [2.75, 3.05) is 32.7 Å². The van der Waals surface area contributed by atoms with Crippen LogP contribution in [0.5, 0.6) is 0 Å². The molecule has 2 heterocycles. The van der Waals surface area contributed by atoms with E-state index in [0.29, 0.717) is 49.2 Å². The summed E-state index contributed by atoms with van der Waals surface area (Å²) in [6.07, 6.45) is 0.578. The number of aliphatic hydroxyl groups is 1. The van der Waals surface area contributed by atoms with Crippen LogP contribution in [0.4, 0.5) is 0 Å². The Morgan fingerprint density at radius 3 is 2.52 bits per heavy atom. The molecule has 3 atom stereocenters. The number of benzene rings is 1. The number of aliphatic hydroxyl groups excluding tert-OH is 1. The van der Waals surface area contributed by atoms with E-state index in [1.807, 2.05) is 6.92 Å². The van der Waals surface area contributed by atoms with Gasteiger partial charge in [0.15, 0.2) is 0 Å². The van der Waals surface area contributed by atoms with Gasteiger partial charge in [-0.3, -0.25) is 14.4 Å². The number of piperidine rings is 1. The molecule has 0 bridgehead atoms. The smallest absolute Gasteiger partial charge is 0.245 e. The fourth-order valence-electron chi connectivity index (χ4n) is 4.33. The predicted octanol–water partition coefficient (Wildman–Crippen LogP) is 2.21. The van der Waals surface area contributed by atoms with Crippen LogP contribution in [0.25, 0.3) is 0 Å². The number of nitrogens with zero attached hydrogens (tertiary/aromatic N) is 3. The van der Waals surface area contributed by atoms with Crippen molar-refractivity contribution in [2.45, 2.75) is 45.3 Å². The zero-order valence-corrected chi connectivity index (χ0v) is 19.4. The summed E-state index contributed by atoms with van der Waals surface area (Å²) in [5.74, 6) is -0.0940. The van der Waals surface area contributed by atoms with Gasteiger partial charge in [-0.25, -0.2) is 0 Å². The van der Waals surface area contributed by atoms with Crippen LogP contribution in [0.1, 0.15) is 32.3 Å². The van der Waals surface area contributed by atoms with E-state index in [1.165, 1.54) is 0 Å². The van der Waals surface area contributed by atoms with E-state index < -0.39 is 12.1 Å². The third-order valence-corrected chi connectivity index (χ3v) is 6.73. The van der Waals surface area contributed by atoms with E-state index in [4.69, 9.17) is 23.2 Å². The number of β-amino-alcohol motifs (C(OH)–C–C–N with tert-alkyl or cyclic N) is 1. The summed E-state index contributed by atoms with van der Waals surface area (Å²) < 4.78 is 0. The lowest BCUT2D eigenvalue weighted by Gasteiger charge is -2.39. The summed E-state index contributed by atoms with van der Waals surface area (Å²) in [6.45, 7) is 5.84. The number of halogens is 2. The summed E-state index contributed by atoms with van der Waals surface area (Å²) in [5, 5.41) is 10.7. The molecule has 1 N–H and O–H groups in total. The topological polar surface area (TPSA) is 81.2 Å². The Kier molecular flexibility index (Phi) is 7.83. The molecular weight excluding hydrogens is 441 g/mol. The molecule has 0 unspecified atom stereocenters. The maximum Gasteiger partial charge on any atom is 0.245 e. The molecule has 0 spiro atoms. The molecule has 1 aromatic carbocycles.